The number of halogens is 2. The minimum Gasteiger partial charge on any atom is -0.394 e. The highest BCUT2D eigenvalue weighted by atomic mass is 19.1. The van der Waals surface area contributed by atoms with E-state index < -0.39 is 17.3 Å². The van der Waals surface area contributed by atoms with Crippen molar-refractivity contribution in [3.05, 3.63) is 29.3 Å². The first kappa shape index (κ1) is 8.47. The van der Waals surface area contributed by atoms with Gasteiger partial charge < -0.3 is 5.73 Å². The molecule has 12 heavy (non-hydrogen) atoms. The maximum Gasteiger partial charge on any atom is 0.149 e. The van der Waals surface area contributed by atoms with Crippen molar-refractivity contribution < 1.29 is 8.78 Å². The highest BCUT2D eigenvalue weighted by Gasteiger charge is 2.06. The zero-order valence-corrected chi connectivity index (χ0v) is 6.14. The molecular formula is C8H6F2N2. The molecule has 0 fully saturated rings. The Balaban J connectivity index is 3.14. The molecule has 0 atom stereocenters. The van der Waals surface area contributed by atoms with Crippen LogP contribution in [0, 0.1) is 23.0 Å². The quantitative estimate of drug-likeness (QED) is 0.647. The van der Waals surface area contributed by atoms with Gasteiger partial charge in [0, 0.05) is 0 Å². The Morgan fingerprint density at radius 1 is 1.33 bits per heavy atom. The fourth-order valence-electron chi connectivity index (χ4n) is 0.830. The standard InChI is InChI=1S/C8H6F2N2/c9-6-3-5(1-2-11)4-7(10)8(6)12/h3-4H,1,12H2. The number of nitrogen functional groups attached to an aromatic ring is 1. The molecule has 1 aromatic carbocycles. The predicted molar refractivity (Wildman–Crippen MR) is 40.1 cm³/mol. The number of hydrogen-bond acceptors (Lipinski definition) is 2. The molecule has 0 saturated carbocycles. The van der Waals surface area contributed by atoms with Gasteiger partial charge in [0.2, 0.25) is 0 Å². The van der Waals surface area contributed by atoms with E-state index in [0.717, 1.165) is 12.1 Å². The molecule has 0 aliphatic carbocycles. The summed E-state index contributed by atoms with van der Waals surface area (Å²) >= 11 is 0. The van der Waals surface area contributed by atoms with Gasteiger partial charge in [0.25, 0.3) is 0 Å². The van der Waals surface area contributed by atoms with Crippen LogP contribution in [0.15, 0.2) is 12.1 Å². The van der Waals surface area contributed by atoms with Gasteiger partial charge in [-0.3, -0.25) is 0 Å². The molecule has 0 radical (unpaired) electrons. The van der Waals surface area contributed by atoms with Gasteiger partial charge in [0.15, 0.2) is 0 Å². The number of nitrogens with zero attached hydrogens (tertiary/aromatic N) is 1. The van der Waals surface area contributed by atoms with Crippen molar-refractivity contribution in [2.24, 2.45) is 0 Å². The number of anilines is 1. The summed E-state index contributed by atoms with van der Waals surface area (Å²) in [4.78, 5) is 0. The molecule has 0 bridgehead atoms. The Bertz CT molecular complexity index is 318. The lowest BCUT2D eigenvalue weighted by atomic mass is 10.1. The highest BCUT2D eigenvalue weighted by Crippen LogP contribution is 2.17. The van der Waals surface area contributed by atoms with Gasteiger partial charge >= 0.3 is 0 Å². The van der Waals surface area contributed by atoms with Crippen molar-refractivity contribution in [3.8, 4) is 6.07 Å². The van der Waals surface area contributed by atoms with Crippen LogP contribution in [-0.4, -0.2) is 0 Å². The van der Waals surface area contributed by atoms with Crippen LogP contribution in [0.2, 0.25) is 0 Å². The third kappa shape index (κ3) is 1.51. The van der Waals surface area contributed by atoms with Crippen LogP contribution in [0.25, 0.3) is 0 Å². The average Bonchev–Trinajstić information content (AvgIpc) is 2.01. The van der Waals surface area contributed by atoms with Crippen LogP contribution in [0.1, 0.15) is 5.56 Å². The molecule has 0 spiro atoms. The van der Waals surface area contributed by atoms with Gasteiger partial charge in [-0.1, -0.05) is 0 Å². The summed E-state index contributed by atoms with van der Waals surface area (Å²) < 4.78 is 25.4. The molecule has 0 saturated heterocycles. The topological polar surface area (TPSA) is 49.8 Å². The minimum atomic E-state index is -0.819. The van der Waals surface area contributed by atoms with E-state index in [1.807, 2.05) is 0 Å². The van der Waals surface area contributed by atoms with E-state index in [1.54, 1.807) is 6.07 Å². The van der Waals surface area contributed by atoms with E-state index in [0.29, 0.717) is 5.56 Å². The molecule has 1 aromatic rings. The molecule has 1 rings (SSSR count). The Kier molecular flexibility index (Phi) is 2.24. The maximum absolute atomic E-state index is 12.7. The molecule has 2 N–H and O–H groups in total. The van der Waals surface area contributed by atoms with Gasteiger partial charge in [-0.25, -0.2) is 8.78 Å². The monoisotopic (exact) mass is 168 g/mol. The first-order chi connectivity index (χ1) is 5.65. The van der Waals surface area contributed by atoms with Crippen LogP contribution in [0.4, 0.5) is 14.5 Å². The van der Waals surface area contributed by atoms with Crippen LogP contribution in [-0.2, 0) is 6.42 Å². The third-order valence-electron chi connectivity index (χ3n) is 1.42. The number of hydrogen-bond donors (Lipinski definition) is 1. The van der Waals surface area contributed by atoms with Gasteiger partial charge in [0.1, 0.15) is 17.3 Å². The first-order valence-electron chi connectivity index (χ1n) is 3.25. The smallest absolute Gasteiger partial charge is 0.149 e. The Morgan fingerprint density at radius 3 is 2.25 bits per heavy atom. The molecule has 4 heteroatoms. The van der Waals surface area contributed by atoms with Crippen molar-refractivity contribution in [2.75, 3.05) is 5.73 Å². The maximum atomic E-state index is 12.7. The summed E-state index contributed by atoms with van der Waals surface area (Å²) in [5.74, 6) is -1.64. The summed E-state index contributed by atoms with van der Waals surface area (Å²) in [6, 6.07) is 3.90. The summed E-state index contributed by atoms with van der Waals surface area (Å²) in [5, 5.41) is 8.24. The van der Waals surface area contributed by atoms with Gasteiger partial charge in [-0.2, -0.15) is 5.26 Å². The summed E-state index contributed by atoms with van der Waals surface area (Å²) in [6.45, 7) is 0. The minimum absolute atomic E-state index is 0.0197. The molecule has 2 nitrogen and oxygen atoms in total. The fraction of sp³-hybridized carbons (Fsp3) is 0.125. The van der Waals surface area contributed by atoms with Crippen LogP contribution >= 0.6 is 0 Å². The second-order valence-corrected chi connectivity index (χ2v) is 2.31. The summed E-state index contributed by atoms with van der Waals surface area (Å²) in [7, 11) is 0. The number of nitrogens with two attached hydrogens (primary N) is 1. The normalized spacial score (nSPS) is 9.42. The molecule has 0 aliphatic heterocycles. The molecule has 62 valence electrons. The Morgan fingerprint density at radius 2 is 1.83 bits per heavy atom. The SMILES string of the molecule is N#CCc1cc(F)c(N)c(F)c1. The second-order valence-electron chi connectivity index (χ2n) is 2.31. The number of benzene rings is 1. The van der Waals surface area contributed by atoms with Crippen molar-refractivity contribution in [2.45, 2.75) is 6.42 Å². The largest absolute Gasteiger partial charge is 0.394 e. The molecule has 0 unspecified atom stereocenters. The van der Waals surface area contributed by atoms with Crippen LogP contribution in [0.3, 0.4) is 0 Å². The fourth-order valence-corrected chi connectivity index (χ4v) is 0.830. The van der Waals surface area contributed by atoms with Crippen LogP contribution in [0.5, 0.6) is 0 Å². The molecule has 0 amide bonds. The number of rotatable bonds is 1. The Hall–Kier alpha value is -1.63. The van der Waals surface area contributed by atoms with Gasteiger partial charge in [-0.15, -0.1) is 0 Å². The van der Waals surface area contributed by atoms with Crippen molar-refractivity contribution in [1.82, 2.24) is 0 Å². The van der Waals surface area contributed by atoms with Gasteiger partial charge in [-0.05, 0) is 17.7 Å². The molecular weight excluding hydrogens is 162 g/mol. The molecule has 0 aliphatic rings. The van der Waals surface area contributed by atoms with Crippen LogP contribution < -0.4 is 5.73 Å². The van der Waals surface area contributed by atoms with E-state index in [-0.39, 0.29) is 6.42 Å². The lowest BCUT2D eigenvalue weighted by molar-refractivity contribution is 0.589. The van der Waals surface area contributed by atoms with Crippen molar-refractivity contribution in [3.63, 3.8) is 0 Å². The van der Waals surface area contributed by atoms with E-state index in [2.05, 4.69) is 0 Å². The summed E-state index contributed by atoms with van der Waals surface area (Å²) in [6.07, 6.45) is -0.0197. The van der Waals surface area contributed by atoms with E-state index >= 15 is 0 Å². The third-order valence-corrected chi connectivity index (χ3v) is 1.42. The molecule has 0 aromatic heterocycles. The van der Waals surface area contributed by atoms with Crippen molar-refractivity contribution >= 4 is 5.69 Å². The zero-order valence-electron chi connectivity index (χ0n) is 6.14. The molecule has 0 heterocycles. The van der Waals surface area contributed by atoms with E-state index in [9.17, 15) is 8.78 Å². The van der Waals surface area contributed by atoms with Gasteiger partial charge in [0.05, 0.1) is 12.5 Å². The average molecular weight is 168 g/mol. The lowest BCUT2D eigenvalue weighted by Gasteiger charge is -2.00. The lowest BCUT2D eigenvalue weighted by Crippen LogP contribution is -1.97. The first-order valence-corrected chi connectivity index (χ1v) is 3.25. The van der Waals surface area contributed by atoms with E-state index in [4.69, 9.17) is 11.0 Å². The highest BCUT2D eigenvalue weighted by molar-refractivity contribution is 5.43. The predicted octanol–water partition coefficient (Wildman–Crippen LogP) is 1.61. The van der Waals surface area contributed by atoms with Crippen molar-refractivity contribution in [1.29, 1.82) is 5.26 Å². The second kappa shape index (κ2) is 3.18. The summed E-state index contributed by atoms with van der Waals surface area (Å²) in [5.41, 5.74) is 4.80. The number of nitriles is 1. The zero-order chi connectivity index (χ0) is 9.14. The Labute approximate surface area is 68.2 Å². The van der Waals surface area contributed by atoms with E-state index in [1.165, 1.54) is 0 Å².